The number of benzene rings is 1. The summed E-state index contributed by atoms with van der Waals surface area (Å²) in [4.78, 5) is 15.5. The third kappa shape index (κ3) is 2.25. The molecule has 2 aliphatic rings. The molecule has 0 bridgehead atoms. The van der Waals surface area contributed by atoms with Gasteiger partial charge < -0.3 is 15.6 Å². The van der Waals surface area contributed by atoms with Crippen molar-refractivity contribution in [1.29, 1.82) is 0 Å². The minimum Gasteiger partial charge on any atom is -0.489 e. The van der Waals surface area contributed by atoms with E-state index in [0.29, 0.717) is 18.6 Å². The molecule has 120 valence electrons. The van der Waals surface area contributed by atoms with E-state index in [2.05, 4.69) is 23.2 Å². The molecule has 0 amide bonds. The molecule has 0 saturated heterocycles. The van der Waals surface area contributed by atoms with E-state index in [-0.39, 0.29) is 11.4 Å². The molecule has 0 atom stereocenters. The molecular weight excluding hydrogens is 304 g/mol. The van der Waals surface area contributed by atoms with Crippen molar-refractivity contribution in [2.24, 2.45) is 0 Å². The number of rotatable bonds is 3. The molecule has 4 rings (SSSR count). The molecule has 0 saturated carbocycles. The highest BCUT2D eigenvalue weighted by molar-refractivity contribution is 5.91. The summed E-state index contributed by atoms with van der Waals surface area (Å²) in [6, 6.07) is 5.61. The molecule has 0 unspecified atom stereocenters. The van der Waals surface area contributed by atoms with Crippen molar-refractivity contribution in [1.82, 2.24) is 4.98 Å². The van der Waals surface area contributed by atoms with Crippen LogP contribution in [0.25, 0.3) is 11.6 Å². The maximum Gasteiger partial charge on any atom is 0.336 e. The fraction of sp³-hybridized carbons (Fsp3) is 0.158. The van der Waals surface area contributed by atoms with Crippen LogP contribution in [-0.2, 0) is 12.8 Å². The minimum atomic E-state index is -0.994. The van der Waals surface area contributed by atoms with Gasteiger partial charge in [0.1, 0.15) is 18.2 Å². The van der Waals surface area contributed by atoms with Crippen LogP contribution in [-0.4, -0.2) is 22.7 Å². The van der Waals surface area contributed by atoms with Crippen LogP contribution in [0.5, 0.6) is 5.75 Å². The molecule has 1 aromatic carbocycles. The molecule has 0 spiro atoms. The number of hydrogen-bond donors (Lipinski definition) is 2. The van der Waals surface area contributed by atoms with Crippen molar-refractivity contribution in [2.75, 3.05) is 12.3 Å². The van der Waals surface area contributed by atoms with Crippen LogP contribution in [0, 0.1) is 0 Å². The van der Waals surface area contributed by atoms with Gasteiger partial charge in [0.05, 0.1) is 5.56 Å². The first-order valence-electron chi connectivity index (χ1n) is 7.76. The Kier molecular flexibility index (Phi) is 3.34. The normalized spacial score (nSPS) is 14.6. The van der Waals surface area contributed by atoms with Gasteiger partial charge in [-0.1, -0.05) is 24.3 Å². The van der Waals surface area contributed by atoms with Crippen LogP contribution in [0.3, 0.4) is 0 Å². The number of carbonyl (C=O) groups is 1. The summed E-state index contributed by atoms with van der Waals surface area (Å²) in [5.41, 5.74) is 8.86. The van der Waals surface area contributed by atoms with Crippen LogP contribution < -0.4 is 20.9 Å². The number of aromatic nitrogens is 1. The van der Waals surface area contributed by atoms with Gasteiger partial charge in [0, 0.05) is 29.0 Å². The summed E-state index contributed by atoms with van der Waals surface area (Å²) in [6.07, 6.45) is 8.83. The molecule has 1 aliphatic heterocycles. The zero-order chi connectivity index (χ0) is 16.7. The lowest BCUT2D eigenvalue weighted by Gasteiger charge is -2.15. The number of anilines is 1. The number of hydrogen-bond acceptors (Lipinski definition) is 4. The largest absolute Gasteiger partial charge is 0.489 e. The van der Waals surface area contributed by atoms with E-state index in [9.17, 15) is 9.90 Å². The second-order valence-corrected chi connectivity index (χ2v) is 5.86. The number of allylic oxidation sites excluding steroid dienone is 2. The quantitative estimate of drug-likeness (QED) is 0.882. The lowest BCUT2D eigenvalue weighted by molar-refractivity contribution is 0.0696. The Hall–Kier alpha value is -3.08. The van der Waals surface area contributed by atoms with Crippen molar-refractivity contribution in [3.63, 3.8) is 0 Å². The molecule has 2 aromatic rings. The number of fused-ring (bicyclic) bond motifs is 3. The van der Waals surface area contributed by atoms with Crippen molar-refractivity contribution in [3.8, 4) is 5.75 Å². The van der Waals surface area contributed by atoms with Gasteiger partial charge in [-0.2, -0.15) is 0 Å². The molecule has 5 heteroatoms. The van der Waals surface area contributed by atoms with Crippen molar-refractivity contribution < 1.29 is 14.6 Å². The fourth-order valence-corrected chi connectivity index (χ4v) is 3.34. The highest BCUT2D eigenvalue weighted by atomic mass is 16.5. The molecule has 3 N–H and O–H groups in total. The van der Waals surface area contributed by atoms with E-state index in [1.54, 1.807) is 0 Å². The molecular formula is C19H16N2O3. The Balaban J connectivity index is 1.89. The predicted octanol–water partition coefficient (Wildman–Crippen LogP) is 1.04. The van der Waals surface area contributed by atoms with E-state index in [1.165, 1.54) is 12.3 Å². The first-order valence-corrected chi connectivity index (χ1v) is 7.76. The van der Waals surface area contributed by atoms with Crippen molar-refractivity contribution in [3.05, 3.63) is 63.7 Å². The first kappa shape index (κ1) is 14.5. The van der Waals surface area contributed by atoms with E-state index >= 15 is 0 Å². The lowest BCUT2D eigenvalue weighted by atomic mass is 9.92. The Bertz CT molecular complexity index is 1010. The molecule has 5 nitrogen and oxygen atoms in total. The zero-order valence-electron chi connectivity index (χ0n) is 13.0. The van der Waals surface area contributed by atoms with Gasteiger partial charge in [-0.05, 0) is 29.4 Å². The third-order valence-corrected chi connectivity index (χ3v) is 4.50. The smallest absolute Gasteiger partial charge is 0.336 e. The minimum absolute atomic E-state index is 0.196. The van der Waals surface area contributed by atoms with Crippen LogP contribution in [0.1, 0.15) is 21.5 Å². The van der Waals surface area contributed by atoms with Gasteiger partial charge in [0.2, 0.25) is 0 Å². The first-order chi connectivity index (χ1) is 11.6. The number of carboxylic acids is 1. The van der Waals surface area contributed by atoms with Gasteiger partial charge in [0.25, 0.3) is 0 Å². The number of nitrogens with zero attached hydrogens (tertiary/aromatic N) is 1. The second kappa shape index (κ2) is 5.53. The highest BCUT2D eigenvalue weighted by Crippen LogP contribution is 2.23. The van der Waals surface area contributed by atoms with E-state index in [1.807, 2.05) is 12.1 Å². The Morgan fingerprint density at radius 1 is 1.33 bits per heavy atom. The maximum atomic E-state index is 11.5. The van der Waals surface area contributed by atoms with Gasteiger partial charge >= 0.3 is 5.97 Å². The van der Waals surface area contributed by atoms with Crippen LogP contribution >= 0.6 is 0 Å². The molecule has 0 radical (unpaired) electrons. The van der Waals surface area contributed by atoms with Gasteiger partial charge in [-0.3, -0.25) is 0 Å². The van der Waals surface area contributed by atoms with Gasteiger partial charge in [-0.15, -0.1) is 0 Å². The number of aromatic carboxylic acids is 1. The van der Waals surface area contributed by atoms with E-state index < -0.39 is 5.97 Å². The third-order valence-electron chi connectivity index (χ3n) is 4.50. The molecule has 1 aliphatic carbocycles. The second-order valence-electron chi connectivity index (χ2n) is 5.86. The average molecular weight is 320 g/mol. The summed E-state index contributed by atoms with van der Waals surface area (Å²) in [7, 11) is 0. The van der Waals surface area contributed by atoms with Gasteiger partial charge in [0.15, 0.2) is 0 Å². The SMILES string of the molecule is Nc1nccc(C(=O)O)c1CC1=c2ccc3c(c2CC=C1)OCC=3. The summed E-state index contributed by atoms with van der Waals surface area (Å²) in [6.45, 7) is 0.601. The Morgan fingerprint density at radius 3 is 3.04 bits per heavy atom. The summed E-state index contributed by atoms with van der Waals surface area (Å²) in [5, 5.41) is 11.6. The number of nitrogen functional groups attached to an aromatic ring is 1. The van der Waals surface area contributed by atoms with E-state index in [4.69, 9.17) is 10.5 Å². The van der Waals surface area contributed by atoms with E-state index in [0.717, 1.165) is 33.7 Å². The molecule has 1 aromatic heterocycles. The van der Waals surface area contributed by atoms with Crippen LogP contribution in [0.2, 0.25) is 0 Å². The number of nitrogens with two attached hydrogens (primary N) is 1. The van der Waals surface area contributed by atoms with Crippen LogP contribution in [0.4, 0.5) is 5.82 Å². The molecule has 24 heavy (non-hydrogen) atoms. The van der Waals surface area contributed by atoms with Crippen molar-refractivity contribution >= 4 is 23.4 Å². The summed E-state index contributed by atoms with van der Waals surface area (Å²) >= 11 is 0. The highest BCUT2D eigenvalue weighted by Gasteiger charge is 2.18. The monoisotopic (exact) mass is 320 g/mol. The summed E-state index contributed by atoms with van der Waals surface area (Å²) < 4.78 is 5.75. The number of pyridine rings is 1. The molecule has 2 heterocycles. The molecule has 0 fully saturated rings. The number of carboxylic acid groups (broad SMARTS) is 1. The maximum absolute atomic E-state index is 11.5. The lowest BCUT2D eigenvalue weighted by Crippen LogP contribution is -2.21. The van der Waals surface area contributed by atoms with Crippen molar-refractivity contribution in [2.45, 2.75) is 12.8 Å². The Labute approximate surface area is 138 Å². The average Bonchev–Trinajstić information content (AvgIpc) is 3.05. The predicted molar refractivity (Wildman–Crippen MR) is 91.2 cm³/mol. The van der Waals surface area contributed by atoms with Gasteiger partial charge in [-0.25, -0.2) is 9.78 Å². The van der Waals surface area contributed by atoms with Crippen LogP contribution in [0.15, 0.2) is 36.5 Å². The Morgan fingerprint density at radius 2 is 2.21 bits per heavy atom. The topological polar surface area (TPSA) is 85.4 Å². The zero-order valence-corrected chi connectivity index (χ0v) is 13.0. The standard InChI is InChI=1S/C19H16N2O3/c20-18-16(15(19(22)23)6-8-21-18)10-12-2-1-3-14-13(12)5-4-11-7-9-24-17(11)14/h1-2,4-8H,3,9-10H2,(H2,20,21)(H,22,23). The fourth-order valence-electron chi connectivity index (χ4n) is 3.34. The summed E-state index contributed by atoms with van der Waals surface area (Å²) in [5.74, 6) is 0.201. The number of ether oxygens (including phenoxy) is 1.